The number of carbonyl (C=O) groups excluding carboxylic acids is 1. The van der Waals surface area contributed by atoms with Gasteiger partial charge >= 0.3 is 0 Å². The molecule has 6 heteroatoms. The van der Waals surface area contributed by atoms with Crippen molar-refractivity contribution in [1.82, 2.24) is 10.2 Å². The predicted octanol–water partition coefficient (Wildman–Crippen LogP) is 0.0216. The van der Waals surface area contributed by atoms with E-state index in [0.29, 0.717) is 6.42 Å². The van der Waals surface area contributed by atoms with Crippen LogP contribution in [0.3, 0.4) is 0 Å². The average Bonchev–Trinajstić information content (AvgIpc) is 2.93. The summed E-state index contributed by atoms with van der Waals surface area (Å²) in [6.45, 7) is 2.01. The van der Waals surface area contributed by atoms with E-state index >= 15 is 0 Å². The number of hydrogen-bond acceptors (Lipinski definition) is 4. The first-order valence-electron chi connectivity index (χ1n) is 7.11. The zero-order valence-electron chi connectivity index (χ0n) is 11.4. The molecule has 3 aliphatic rings. The molecule has 3 fully saturated rings. The van der Waals surface area contributed by atoms with Crippen LogP contribution in [0.2, 0.25) is 0 Å². The maximum Gasteiger partial charge on any atom is 0.226 e. The second kappa shape index (κ2) is 4.45. The van der Waals surface area contributed by atoms with E-state index in [4.69, 9.17) is 0 Å². The summed E-state index contributed by atoms with van der Waals surface area (Å²) < 4.78 is 23.0. The Bertz CT molecular complexity index is 482. The van der Waals surface area contributed by atoms with Crippen molar-refractivity contribution in [3.63, 3.8) is 0 Å². The maximum atomic E-state index is 12.5. The standard InChI is InChI=1S/C13H22N2O3S/c1-15(10-2-7-19(17,18)9-10)12(16)11-8-13(11)3-5-14-6-4-13/h10-11,14H,2-9H2,1H3. The number of nitrogens with zero attached hydrogens (tertiary/aromatic N) is 1. The minimum Gasteiger partial charge on any atom is -0.341 e. The predicted molar refractivity (Wildman–Crippen MR) is 72.5 cm³/mol. The normalized spacial score (nSPS) is 35.2. The van der Waals surface area contributed by atoms with Gasteiger partial charge in [0.2, 0.25) is 5.91 Å². The van der Waals surface area contributed by atoms with Crippen molar-refractivity contribution in [3.05, 3.63) is 0 Å². The Morgan fingerprint density at radius 2 is 2.00 bits per heavy atom. The van der Waals surface area contributed by atoms with Gasteiger partial charge in [-0.15, -0.1) is 0 Å². The number of nitrogens with one attached hydrogen (secondary N) is 1. The van der Waals surface area contributed by atoms with E-state index in [2.05, 4.69) is 5.32 Å². The summed E-state index contributed by atoms with van der Waals surface area (Å²) >= 11 is 0. The number of hydrogen-bond donors (Lipinski definition) is 1. The van der Waals surface area contributed by atoms with Gasteiger partial charge in [0.15, 0.2) is 9.84 Å². The van der Waals surface area contributed by atoms with E-state index < -0.39 is 9.84 Å². The van der Waals surface area contributed by atoms with Gasteiger partial charge in [-0.2, -0.15) is 0 Å². The van der Waals surface area contributed by atoms with Crippen LogP contribution < -0.4 is 5.32 Å². The molecule has 2 saturated heterocycles. The van der Waals surface area contributed by atoms with Gasteiger partial charge in [0, 0.05) is 19.0 Å². The smallest absolute Gasteiger partial charge is 0.226 e. The first-order valence-corrected chi connectivity index (χ1v) is 8.94. The minimum absolute atomic E-state index is 0.100. The molecule has 0 aromatic rings. The van der Waals surface area contributed by atoms with E-state index in [0.717, 1.165) is 32.4 Å². The number of amides is 1. The Morgan fingerprint density at radius 1 is 1.32 bits per heavy atom. The maximum absolute atomic E-state index is 12.5. The molecule has 1 amide bonds. The monoisotopic (exact) mass is 286 g/mol. The molecule has 0 bridgehead atoms. The molecule has 1 spiro atoms. The molecule has 1 aliphatic carbocycles. The van der Waals surface area contributed by atoms with Crippen LogP contribution in [0.15, 0.2) is 0 Å². The van der Waals surface area contributed by atoms with E-state index in [9.17, 15) is 13.2 Å². The summed E-state index contributed by atoms with van der Waals surface area (Å²) in [5.74, 6) is 0.692. The average molecular weight is 286 g/mol. The topological polar surface area (TPSA) is 66.5 Å². The van der Waals surface area contributed by atoms with Crippen LogP contribution >= 0.6 is 0 Å². The van der Waals surface area contributed by atoms with Crippen molar-refractivity contribution in [3.8, 4) is 0 Å². The van der Waals surface area contributed by atoms with Crippen molar-refractivity contribution in [2.75, 3.05) is 31.6 Å². The quantitative estimate of drug-likeness (QED) is 0.777. The zero-order valence-corrected chi connectivity index (χ0v) is 12.2. The van der Waals surface area contributed by atoms with Gasteiger partial charge in [0.25, 0.3) is 0 Å². The summed E-state index contributed by atoms with van der Waals surface area (Å²) in [5.41, 5.74) is 0.230. The fourth-order valence-electron chi connectivity index (χ4n) is 3.68. The Hall–Kier alpha value is -0.620. The van der Waals surface area contributed by atoms with E-state index in [1.165, 1.54) is 0 Å². The lowest BCUT2D eigenvalue weighted by molar-refractivity contribution is -0.134. The van der Waals surface area contributed by atoms with Crippen molar-refractivity contribution in [2.45, 2.75) is 31.7 Å². The first-order chi connectivity index (χ1) is 8.94. The lowest BCUT2D eigenvalue weighted by Crippen LogP contribution is -2.40. The van der Waals surface area contributed by atoms with Gasteiger partial charge in [-0.1, -0.05) is 0 Å². The molecule has 1 saturated carbocycles. The van der Waals surface area contributed by atoms with Crippen molar-refractivity contribution in [1.29, 1.82) is 0 Å². The van der Waals surface area contributed by atoms with Crippen LogP contribution in [-0.4, -0.2) is 56.9 Å². The third kappa shape index (κ3) is 2.40. The SMILES string of the molecule is CN(C(=O)C1CC12CCNCC2)C1CCS(=O)(=O)C1. The van der Waals surface area contributed by atoms with Crippen LogP contribution in [0.5, 0.6) is 0 Å². The number of sulfone groups is 1. The highest BCUT2D eigenvalue weighted by atomic mass is 32.2. The van der Waals surface area contributed by atoms with Gasteiger partial charge < -0.3 is 10.2 Å². The van der Waals surface area contributed by atoms with Gasteiger partial charge in [0.05, 0.1) is 11.5 Å². The molecule has 5 nitrogen and oxygen atoms in total. The number of piperidine rings is 1. The van der Waals surface area contributed by atoms with Crippen molar-refractivity contribution >= 4 is 15.7 Å². The second-order valence-electron chi connectivity index (χ2n) is 6.38. The van der Waals surface area contributed by atoms with Crippen molar-refractivity contribution < 1.29 is 13.2 Å². The Labute approximate surface area is 114 Å². The van der Waals surface area contributed by atoms with Crippen LogP contribution in [0.25, 0.3) is 0 Å². The summed E-state index contributed by atoms with van der Waals surface area (Å²) in [5, 5.41) is 3.33. The summed E-state index contributed by atoms with van der Waals surface area (Å²) in [6.07, 6.45) is 3.77. The Kier molecular flexibility index (Phi) is 3.13. The van der Waals surface area contributed by atoms with E-state index in [-0.39, 0.29) is 34.8 Å². The molecule has 2 aliphatic heterocycles. The summed E-state index contributed by atoms with van der Waals surface area (Å²) in [6, 6.07) is -0.100. The molecule has 1 N–H and O–H groups in total. The number of rotatable bonds is 2. The van der Waals surface area contributed by atoms with Gasteiger partial charge in [-0.05, 0) is 44.2 Å². The zero-order chi connectivity index (χ0) is 13.7. The minimum atomic E-state index is -2.92. The molecule has 2 unspecified atom stereocenters. The Balaban J connectivity index is 1.62. The lowest BCUT2D eigenvalue weighted by Gasteiger charge is -2.27. The Morgan fingerprint density at radius 3 is 2.58 bits per heavy atom. The highest BCUT2D eigenvalue weighted by molar-refractivity contribution is 7.91. The third-order valence-corrected chi connectivity index (χ3v) is 6.94. The molecule has 2 atom stereocenters. The van der Waals surface area contributed by atoms with Crippen molar-refractivity contribution in [2.24, 2.45) is 11.3 Å². The number of carbonyl (C=O) groups is 1. The third-order valence-electron chi connectivity index (χ3n) is 5.19. The molecular formula is C13H22N2O3S. The first kappa shape index (κ1) is 13.4. The van der Waals surface area contributed by atoms with Crippen LogP contribution in [0, 0.1) is 11.3 Å². The molecule has 0 aromatic carbocycles. The summed E-state index contributed by atoms with van der Waals surface area (Å²) in [7, 11) is -1.14. The highest BCUT2D eigenvalue weighted by Gasteiger charge is 2.58. The van der Waals surface area contributed by atoms with Crippen LogP contribution in [-0.2, 0) is 14.6 Å². The molecule has 108 valence electrons. The summed E-state index contributed by atoms with van der Waals surface area (Å²) in [4.78, 5) is 14.2. The fourth-order valence-corrected chi connectivity index (χ4v) is 5.46. The largest absolute Gasteiger partial charge is 0.341 e. The molecule has 0 aromatic heterocycles. The molecule has 3 rings (SSSR count). The second-order valence-corrected chi connectivity index (χ2v) is 8.60. The van der Waals surface area contributed by atoms with E-state index in [1.54, 1.807) is 11.9 Å². The fraction of sp³-hybridized carbons (Fsp3) is 0.923. The van der Waals surface area contributed by atoms with Gasteiger partial charge in [-0.25, -0.2) is 8.42 Å². The molecule has 2 heterocycles. The van der Waals surface area contributed by atoms with Gasteiger partial charge in [0.1, 0.15) is 0 Å². The van der Waals surface area contributed by atoms with Gasteiger partial charge in [-0.3, -0.25) is 4.79 Å². The molecular weight excluding hydrogens is 264 g/mol. The highest BCUT2D eigenvalue weighted by Crippen LogP contribution is 2.59. The molecule has 19 heavy (non-hydrogen) atoms. The van der Waals surface area contributed by atoms with Crippen LogP contribution in [0.1, 0.15) is 25.7 Å². The molecule has 0 radical (unpaired) electrons. The van der Waals surface area contributed by atoms with E-state index in [1.807, 2.05) is 0 Å². The van der Waals surface area contributed by atoms with Crippen LogP contribution in [0.4, 0.5) is 0 Å². The lowest BCUT2D eigenvalue weighted by atomic mass is 9.91.